The van der Waals surface area contributed by atoms with E-state index in [0.717, 1.165) is 26.9 Å². The highest BCUT2D eigenvalue weighted by Gasteiger charge is 2.19. The van der Waals surface area contributed by atoms with Crippen LogP contribution in [0, 0.1) is 0 Å². The van der Waals surface area contributed by atoms with E-state index in [1.54, 1.807) is 17.5 Å². The number of fused-ring (bicyclic) bond motifs is 1. The molecule has 1 amide bonds. The van der Waals surface area contributed by atoms with E-state index in [1.165, 1.54) is 0 Å². The zero-order valence-corrected chi connectivity index (χ0v) is 17.0. The Balaban J connectivity index is 1.38. The molecule has 0 saturated heterocycles. The molecule has 1 N–H and O–H groups in total. The molecular formula is C24H20N2O3S. The third kappa shape index (κ3) is 4.72. The quantitative estimate of drug-likeness (QED) is 0.457. The first-order chi connectivity index (χ1) is 14.7. The molecule has 4 rings (SSSR count). The fourth-order valence-electron chi connectivity index (χ4n) is 3.29. The SMILES string of the molecule is O=C(COC(=O)Cc1cccc2cccnc12)NC(c1ccccc1)c1cccs1. The van der Waals surface area contributed by atoms with Crippen LogP contribution in [0.15, 0.2) is 84.4 Å². The molecule has 0 aliphatic rings. The van der Waals surface area contributed by atoms with Crippen molar-refractivity contribution in [2.75, 3.05) is 6.61 Å². The van der Waals surface area contributed by atoms with E-state index < -0.39 is 5.97 Å². The van der Waals surface area contributed by atoms with Crippen LogP contribution in [0.25, 0.3) is 10.9 Å². The molecule has 2 heterocycles. The standard InChI is InChI=1S/C24H20N2O3S/c27-21(26-24(20-12-6-14-30-20)18-7-2-1-3-8-18)16-29-22(28)15-19-10-4-9-17-11-5-13-25-23(17)19/h1-14,24H,15-16H2,(H,26,27). The van der Waals surface area contributed by atoms with Crippen molar-refractivity contribution in [3.05, 3.63) is 100 Å². The number of carbonyl (C=O) groups excluding carboxylic acids is 2. The Morgan fingerprint density at radius 3 is 2.60 bits per heavy atom. The molecule has 1 atom stereocenters. The number of nitrogens with zero attached hydrogens (tertiary/aromatic N) is 1. The van der Waals surface area contributed by atoms with Gasteiger partial charge in [-0.2, -0.15) is 0 Å². The van der Waals surface area contributed by atoms with E-state index >= 15 is 0 Å². The molecule has 0 radical (unpaired) electrons. The van der Waals surface area contributed by atoms with Crippen molar-refractivity contribution in [1.29, 1.82) is 0 Å². The molecule has 1 unspecified atom stereocenters. The van der Waals surface area contributed by atoms with Crippen LogP contribution in [-0.2, 0) is 20.7 Å². The van der Waals surface area contributed by atoms with E-state index in [9.17, 15) is 9.59 Å². The fraction of sp³-hybridized carbons (Fsp3) is 0.125. The van der Waals surface area contributed by atoms with Gasteiger partial charge in [-0.1, -0.05) is 60.7 Å². The number of aromatic nitrogens is 1. The van der Waals surface area contributed by atoms with Crippen molar-refractivity contribution >= 4 is 34.1 Å². The zero-order valence-electron chi connectivity index (χ0n) is 16.2. The summed E-state index contributed by atoms with van der Waals surface area (Å²) >= 11 is 1.57. The minimum absolute atomic E-state index is 0.0642. The van der Waals surface area contributed by atoms with Gasteiger partial charge in [0.2, 0.25) is 0 Å². The topological polar surface area (TPSA) is 68.3 Å². The molecule has 0 spiro atoms. The van der Waals surface area contributed by atoms with Crippen molar-refractivity contribution in [3.63, 3.8) is 0 Å². The molecule has 4 aromatic rings. The van der Waals surface area contributed by atoms with E-state index in [-0.39, 0.29) is 25.0 Å². The number of amides is 1. The minimum atomic E-state index is -0.462. The number of pyridine rings is 1. The maximum atomic E-state index is 12.5. The Kier molecular flexibility index (Phi) is 6.15. The normalized spacial score (nSPS) is 11.7. The Hall–Kier alpha value is -3.51. The summed E-state index contributed by atoms with van der Waals surface area (Å²) in [5.74, 6) is -0.808. The number of hydrogen-bond donors (Lipinski definition) is 1. The molecule has 0 saturated carbocycles. The van der Waals surface area contributed by atoms with E-state index in [1.807, 2.05) is 78.2 Å². The highest BCUT2D eigenvalue weighted by molar-refractivity contribution is 7.10. The van der Waals surface area contributed by atoms with Crippen molar-refractivity contribution < 1.29 is 14.3 Å². The lowest BCUT2D eigenvalue weighted by Crippen LogP contribution is -2.32. The van der Waals surface area contributed by atoms with Gasteiger partial charge in [0.1, 0.15) is 0 Å². The molecule has 6 heteroatoms. The predicted octanol–water partition coefficient (Wildman–Crippen LogP) is 4.29. The van der Waals surface area contributed by atoms with E-state index in [0.29, 0.717) is 0 Å². The maximum absolute atomic E-state index is 12.5. The Morgan fingerprint density at radius 1 is 0.967 bits per heavy atom. The predicted molar refractivity (Wildman–Crippen MR) is 117 cm³/mol. The number of ether oxygens (including phenoxy) is 1. The van der Waals surface area contributed by atoms with E-state index in [4.69, 9.17) is 4.74 Å². The fourth-order valence-corrected chi connectivity index (χ4v) is 4.09. The Labute approximate surface area is 178 Å². The molecule has 2 aromatic carbocycles. The number of esters is 1. The summed E-state index contributed by atoms with van der Waals surface area (Å²) in [6, 6.07) is 22.8. The largest absolute Gasteiger partial charge is 0.455 e. The number of carbonyl (C=O) groups is 2. The Morgan fingerprint density at radius 2 is 1.80 bits per heavy atom. The highest BCUT2D eigenvalue weighted by atomic mass is 32.1. The van der Waals surface area contributed by atoms with Crippen molar-refractivity contribution in [3.8, 4) is 0 Å². The third-order valence-electron chi connectivity index (χ3n) is 4.68. The van der Waals surface area contributed by atoms with Crippen LogP contribution in [0.5, 0.6) is 0 Å². The highest BCUT2D eigenvalue weighted by Crippen LogP contribution is 2.25. The van der Waals surface area contributed by atoms with Crippen molar-refractivity contribution in [2.45, 2.75) is 12.5 Å². The summed E-state index contributed by atoms with van der Waals surface area (Å²) in [5.41, 5.74) is 2.52. The molecule has 30 heavy (non-hydrogen) atoms. The summed E-state index contributed by atoms with van der Waals surface area (Å²) < 4.78 is 5.24. The first kappa shape index (κ1) is 19.8. The Bertz CT molecular complexity index is 1140. The van der Waals surface area contributed by atoms with Gasteiger partial charge in [0.05, 0.1) is 18.0 Å². The summed E-state index contributed by atoms with van der Waals surface area (Å²) in [7, 11) is 0. The van der Waals surface area contributed by atoms with E-state index in [2.05, 4.69) is 10.3 Å². The number of rotatable bonds is 7. The summed E-state index contributed by atoms with van der Waals surface area (Å²) in [6.45, 7) is -0.328. The monoisotopic (exact) mass is 416 g/mol. The van der Waals surface area contributed by atoms with Crippen LogP contribution in [0.3, 0.4) is 0 Å². The smallest absolute Gasteiger partial charge is 0.310 e. The van der Waals surface area contributed by atoms with Crippen LogP contribution in [0.4, 0.5) is 0 Å². The first-order valence-electron chi connectivity index (χ1n) is 9.56. The summed E-state index contributed by atoms with van der Waals surface area (Å²) in [6.07, 6.45) is 1.76. The molecule has 0 aliphatic carbocycles. The van der Waals surface area contributed by atoms with Gasteiger partial charge in [-0.15, -0.1) is 11.3 Å². The van der Waals surface area contributed by atoms with Crippen LogP contribution in [0.1, 0.15) is 22.0 Å². The average molecular weight is 417 g/mol. The molecule has 150 valence electrons. The molecule has 0 bridgehead atoms. The second-order valence-electron chi connectivity index (χ2n) is 6.76. The average Bonchev–Trinajstić information content (AvgIpc) is 3.31. The van der Waals surface area contributed by atoms with Gasteiger partial charge in [0.25, 0.3) is 5.91 Å². The van der Waals surface area contributed by atoms with Crippen molar-refractivity contribution in [2.24, 2.45) is 0 Å². The van der Waals surface area contributed by atoms with Crippen LogP contribution in [0.2, 0.25) is 0 Å². The number of hydrogen-bond acceptors (Lipinski definition) is 5. The second kappa shape index (κ2) is 9.33. The van der Waals surface area contributed by atoms with Crippen LogP contribution >= 0.6 is 11.3 Å². The minimum Gasteiger partial charge on any atom is -0.455 e. The lowest BCUT2D eigenvalue weighted by atomic mass is 10.1. The number of para-hydroxylation sites is 1. The first-order valence-corrected chi connectivity index (χ1v) is 10.4. The number of thiophene rings is 1. The van der Waals surface area contributed by atoms with Gasteiger partial charge < -0.3 is 10.1 Å². The zero-order chi connectivity index (χ0) is 20.8. The third-order valence-corrected chi connectivity index (χ3v) is 5.62. The van der Waals surface area contributed by atoms with Gasteiger partial charge in [0, 0.05) is 16.5 Å². The molecular weight excluding hydrogens is 396 g/mol. The van der Waals surface area contributed by atoms with Crippen molar-refractivity contribution in [1.82, 2.24) is 10.3 Å². The van der Waals surface area contributed by atoms with Crippen LogP contribution < -0.4 is 5.32 Å². The van der Waals surface area contributed by atoms with Gasteiger partial charge >= 0.3 is 5.97 Å². The van der Waals surface area contributed by atoms with Gasteiger partial charge in [-0.3, -0.25) is 14.6 Å². The summed E-state index contributed by atoms with van der Waals surface area (Å²) in [5, 5.41) is 5.89. The van der Waals surface area contributed by atoms with Gasteiger partial charge in [0.15, 0.2) is 6.61 Å². The molecule has 0 aliphatic heterocycles. The van der Waals surface area contributed by atoms with Gasteiger partial charge in [-0.05, 0) is 28.6 Å². The number of benzene rings is 2. The lowest BCUT2D eigenvalue weighted by molar-refractivity contribution is -0.148. The lowest BCUT2D eigenvalue weighted by Gasteiger charge is -2.18. The second-order valence-corrected chi connectivity index (χ2v) is 7.74. The molecule has 0 fully saturated rings. The molecule has 5 nitrogen and oxygen atoms in total. The van der Waals surface area contributed by atoms with Gasteiger partial charge in [-0.25, -0.2) is 0 Å². The van der Waals surface area contributed by atoms with Crippen LogP contribution in [-0.4, -0.2) is 23.5 Å². The number of nitrogens with one attached hydrogen (secondary N) is 1. The summed E-state index contributed by atoms with van der Waals surface area (Å²) in [4.78, 5) is 30.2. The molecule has 2 aromatic heterocycles. The maximum Gasteiger partial charge on any atom is 0.310 e.